The van der Waals surface area contributed by atoms with Crippen LogP contribution in [0.5, 0.6) is 0 Å². The van der Waals surface area contributed by atoms with E-state index >= 15 is 0 Å². The number of nitrogens with zero attached hydrogens (tertiary/aromatic N) is 4. The third-order valence-electron chi connectivity index (χ3n) is 4.35. The van der Waals surface area contributed by atoms with Crippen LogP contribution in [0.15, 0.2) is 15.9 Å². The first kappa shape index (κ1) is 18.0. The van der Waals surface area contributed by atoms with Crippen LogP contribution in [0.3, 0.4) is 0 Å². The molecule has 2 aromatic heterocycles. The quantitative estimate of drug-likeness (QED) is 0.826. The number of nitrogens with one attached hydrogen (secondary N) is 1. The number of rotatable bonds is 6. The van der Waals surface area contributed by atoms with Gasteiger partial charge in [-0.05, 0) is 6.42 Å². The van der Waals surface area contributed by atoms with Gasteiger partial charge in [0.1, 0.15) is 0 Å². The van der Waals surface area contributed by atoms with Gasteiger partial charge in [0.15, 0.2) is 11.2 Å². The summed E-state index contributed by atoms with van der Waals surface area (Å²) in [5.41, 5.74) is -0.496. The molecule has 24 heavy (non-hydrogen) atoms. The average Bonchev–Trinajstić information content (AvgIpc) is 2.94. The van der Waals surface area contributed by atoms with Gasteiger partial charge in [-0.3, -0.25) is 18.7 Å². The van der Waals surface area contributed by atoms with Crippen molar-refractivity contribution < 1.29 is 4.79 Å². The van der Waals surface area contributed by atoms with Crippen molar-refractivity contribution >= 4 is 17.1 Å². The van der Waals surface area contributed by atoms with Gasteiger partial charge in [-0.1, -0.05) is 27.2 Å². The Bertz CT molecular complexity index is 872. The highest BCUT2D eigenvalue weighted by Gasteiger charge is 2.25. The molecule has 2 rings (SSSR count). The predicted molar refractivity (Wildman–Crippen MR) is 91.9 cm³/mol. The number of carbonyl (C=O) groups excluding carboxylic acids is 1. The van der Waals surface area contributed by atoms with Gasteiger partial charge in [-0.25, -0.2) is 9.78 Å². The van der Waals surface area contributed by atoms with E-state index in [0.717, 1.165) is 17.4 Å². The molecule has 0 saturated carbocycles. The molecule has 0 spiro atoms. The summed E-state index contributed by atoms with van der Waals surface area (Å²) in [6, 6.07) is 0. The highest BCUT2D eigenvalue weighted by molar-refractivity contribution is 5.81. The van der Waals surface area contributed by atoms with Gasteiger partial charge in [0.25, 0.3) is 5.56 Å². The molecular formula is C16H25N5O3. The number of imidazole rings is 1. The highest BCUT2D eigenvalue weighted by Crippen LogP contribution is 2.21. The van der Waals surface area contributed by atoms with Gasteiger partial charge < -0.3 is 9.88 Å². The molecule has 0 aliphatic carbocycles. The minimum absolute atomic E-state index is 0.00549. The number of aryl methyl sites for hydroxylation is 1. The number of carbonyl (C=O) groups is 1. The lowest BCUT2D eigenvalue weighted by Crippen LogP contribution is -2.39. The lowest BCUT2D eigenvalue weighted by atomic mass is 9.87. The fourth-order valence-corrected chi connectivity index (χ4v) is 2.83. The molecule has 0 bridgehead atoms. The summed E-state index contributed by atoms with van der Waals surface area (Å²) in [6.07, 6.45) is 3.28. The van der Waals surface area contributed by atoms with Gasteiger partial charge in [-0.2, -0.15) is 0 Å². The Balaban J connectivity index is 2.19. The Labute approximate surface area is 140 Å². The maximum absolute atomic E-state index is 12.3. The van der Waals surface area contributed by atoms with Crippen LogP contribution in [-0.2, 0) is 25.4 Å². The summed E-state index contributed by atoms with van der Waals surface area (Å²) in [6.45, 7) is 6.70. The van der Waals surface area contributed by atoms with E-state index in [4.69, 9.17) is 0 Å². The van der Waals surface area contributed by atoms with Crippen molar-refractivity contribution in [2.45, 2.75) is 40.2 Å². The van der Waals surface area contributed by atoms with Crippen molar-refractivity contribution in [1.82, 2.24) is 24.0 Å². The van der Waals surface area contributed by atoms with E-state index in [9.17, 15) is 14.4 Å². The molecule has 8 nitrogen and oxygen atoms in total. The van der Waals surface area contributed by atoms with Crippen LogP contribution in [0.4, 0.5) is 0 Å². The SMILES string of the molecule is CCCC(C)(C)C(=O)NCCn1cnc2c1c(=O)n(C)c(=O)n2C. The molecule has 0 atom stereocenters. The van der Waals surface area contributed by atoms with E-state index in [1.807, 2.05) is 20.8 Å². The van der Waals surface area contributed by atoms with Crippen molar-refractivity contribution in [1.29, 1.82) is 0 Å². The third-order valence-corrected chi connectivity index (χ3v) is 4.35. The van der Waals surface area contributed by atoms with Gasteiger partial charge in [-0.15, -0.1) is 0 Å². The minimum atomic E-state index is -0.411. The molecule has 1 amide bonds. The van der Waals surface area contributed by atoms with Gasteiger partial charge in [0, 0.05) is 32.6 Å². The van der Waals surface area contributed by atoms with Crippen molar-refractivity contribution in [2.24, 2.45) is 19.5 Å². The zero-order valence-corrected chi connectivity index (χ0v) is 14.9. The van der Waals surface area contributed by atoms with E-state index in [2.05, 4.69) is 10.3 Å². The normalized spacial score (nSPS) is 11.9. The van der Waals surface area contributed by atoms with E-state index in [1.54, 1.807) is 11.6 Å². The van der Waals surface area contributed by atoms with Crippen molar-refractivity contribution in [3.63, 3.8) is 0 Å². The summed E-state index contributed by atoms with van der Waals surface area (Å²) in [5.74, 6) is -0.00549. The van der Waals surface area contributed by atoms with E-state index in [-0.39, 0.29) is 11.5 Å². The molecule has 0 unspecified atom stereocenters. The van der Waals surface area contributed by atoms with Crippen LogP contribution in [0.2, 0.25) is 0 Å². The first-order chi connectivity index (χ1) is 11.2. The molecule has 132 valence electrons. The largest absolute Gasteiger partial charge is 0.354 e. The van der Waals surface area contributed by atoms with E-state index in [1.165, 1.54) is 17.9 Å². The van der Waals surface area contributed by atoms with Crippen LogP contribution in [0.1, 0.15) is 33.6 Å². The topological polar surface area (TPSA) is 90.9 Å². The second-order valence-electron chi connectivity index (χ2n) is 6.71. The summed E-state index contributed by atoms with van der Waals surface area (Å²) < 4.78 is 4.07. The average molecular weight is 335 g/mol. The van der Waals surface area contributed by atoms with Crippen molar-refractivity contribution in [2.75, 3.05) is 6.54 Å². The van der Waals surface area contributed by atoms with Crippen LogP contribution in [0.25, 0.3) is 11.2 Å². The lowest BCUT2D eigenvalue weighted by molar-refractivity contribution is -0.129. The van der Waals surface area contributed by atoms with Crippen molar-refractivity contribution in [3.8, 4) is 0 Å². The number of hydrogen-bond donors (Lipinski definition) is 1. The monoisotopic (exact) mass is 335 g/mol. The van der Waals surface area contributed by atoms with E-state index < -0.39 is 11.1 Å². The molecule has 0 aliphatic heterocycles. The lowest BCUT2D eigenvalue weighted by Gasteiger charge is -2.22. The van der Waals surface area contributed by atoms with Crippen LogP contribution >= 0.6 is 0 Å². The summed E-state index contributed by atoms with van der Waals surface area (Å²) in [4.78, 5) is 40.6. The zero-order valence-electron chi connectivity index (χ0n) is 14.9. The molecule has 2 aromatic rings. The van der Waals surface area contributed by atoms with E-state index in [0.29, 0.717) is 24.3 Å². The smallest absolute Gasteiger partial charge is 0.332 e. The molecule has 0 radical (unpaired) electrons. The van der Waals surface area contributed by atoms with Crippen LogP contribution in [-0.4, -0.2) is 31.1 Å². The molecule has 8 heteroatoms. The Kier molecular flexibility index (Phi) is 4.96. The Morgan fingerprint density at radius 1 is 1.25 bits per heavy atom. The summed E-state index contributed by atoms with van der Waals surface area (Å²) in [7, 11) is 3.02. The zero-order chi connectivity index (χ0) is 18.1. The Hall–Kier alpha value is -2.38. The van der Waals surface area contributed by atoms with Gasteiger partial charge in [0.05, 0.1) is 6.33 Å². The first-order valence-electron chi connectivity index (χ1n) is 8.10. The molecule has 0 aliphatic rings. The molecule has 1 N–H and O–H groups in total. The number of fused-ring (bicyclic) bond motifs is 1. The molecule has 0 saturated heterocycles. The first-order valence-corrected chi connectivity index (χ1v) is 8.10. The standard InChI is InChI=1S/C16H25N5O3/c1-6-7-16(2,3)14(23)17-8-9-21-10-18-12-11(21)13(22)20(5)15(24)19(12)4/h10H,6-9H2,1-5H3,(H,17,23). The second-order valence-corrected chi connectivity index (χ2v) is 6.71. The van der Waals surface area contributed by atoms with Gasteiger partial charge >= 0.3 is 5.69 Å². The molecule has 2 heterocycles. The fourth-order valence-electron chi connectivity index (χ4n) is 2.83. The number of amides is 1. The summed E-state index contributed by atoms with van der Waals surface area (Å²) in [5, 5.41) is 2.91. The van der Waals surface area contributed by atoms with Gasteiger partial charge in [0.2, 0.25) is 5.91 Å². The molecule has 0 aromatic carbocycles. The summed E-state index contributed by atoms with van der Waals surface area (Å²) >= 11 is 0. The Morgan fingerprint density at radius 3 is 2.54 bits per heavy atom. The molecule has 0 fully saturated rings. The maximum Gasteiger partial charge on any atom is 0.332 e. The predicted octanol–water partition coefficient (Wildman–Crippen LogP) is 0.376. The third kappa shape index (κ3) is 3.13. The molecular weight excluding hydrogens is 310 g/mol. The second kappa shape index (κ2) is 6.62. The van der Waals surface area contributed by atoms with Crippen molar-refractivity contribution in [3.05, 3.63) is 27.2 Å². The van der Waals surface area contributed by atoms with Crippen LogP contribution in [0, 0.1) is 5.41 Å². The Morgan fingerprint density at radius 2 is 1.92 bits per heavy atom. The highest BCUT2D eigenvalue weighted by atomic mass is 16.2. The number of hydrogen-bond acceptors (Lipinski definition) is 4. The minimum Gasteiger partial charge on any atom is -0.354 e. The van der Waals surface area contributed by atoms with Crippen LogP contribution < -0.4 is 16.6 Å². The maximum atomic E-state index is 12.3. The number of aromatic nitrogens is 4. The fraction of sp³-hybridized carbons (Fsp3) is 0.625.